The number of carbonyl (C=O) groups is 1. The van der Waals surface area contributed by atoms with Crippen molar-refractivity contribution < 1.29 is 4.79 Å². The van der Waals surface area contributed by atoms with E-state index < -0.39 is 0 Å². The molecule has 0 unspecified atom stereocenters. The van der Waals surface area contributed by atoms with Gasteiger partial charge in [-0.1, -0.05) is 0 Å². The minimum atomic E-state index is 0.149. The molecular formula is C16H27N5O. The van der Waals surface area contributed by atoms with Crippen LogP contribution in [0.5, 0.6) is 0 Å². The highest BCUT2D eigenvalue weighted by atomic mass is 16.2. The van der Waals surface area contributed by atoms with Gasteiger partial charge in [-0.3, -0.25) is 9.58 Å². The number of aryl methyl sites for hydroxylation is 1. The van der Waals surface area contributed by atoms with E-state index in [1.165, 1.54) is 24.1 Å². The molecule has 0 radical (unpaired) electrons. The van der Waals surface area contributed by atoms with Crippen molar-refractivity contribution in [3.63, 3.8) is 0 Å². The summed E-state index contributed by atoms with van der Waals surface area (Å²) in [6, 6.07) is 0.624. The number of rotatable bonds is 2. The molecule has 2 amide bonds. The van der Waals surface area contributed by atoms with Crippen molar-refractivity contribution in [2.45, 2.75) is 32.4 Å². The van der Waals surface area contributed by atoms with Gasteiger partial charge in [0.15, 0.2) is 0 Å². The fourth-order valence-corrected chi connectivity index (χ4v) is 3.73. The van der Waals surface area contributed by atoms with Crippen molar-refractivity contribution in [1.29, 1.82) is 0 Å². The fraction of sp³-hybridized carbons (Fsp3) is 0.750. The van der Waals surface area contributed by atoms with E-state index >= 15 is 0 Å². The molecule has 4 heterocycles. The number of hydrogen-bond donors (Lipinski definition) is 0. The summed E-state index contributed by atoms with van der Waals surface area (Å²) in [6.07, 6.45) is 4.42. The molecule has 3 saturated heterocycles. The van der Waals surface area contributed by atoms with Gasteiger partial charge in [0.2, 0.25) is 0 Å². The summed E-state index contributed by atoms with van der Waals surface area (Å²) in [6.45, 7) is 5.92. The van der Waals surface area contributed by atoms with Crippen LogP contribution >= 0.6 is 0 Å². The second-order valence-corrected chi connectivity index (χ2v) is 6.99. The molecular weight excluding hydrogens is 278 g/mol. The van der Waals surface area contributed by atoms with E-state index in [0.717, 1.165) is 26.2 Å². The highest BCUT2D eigenvalue weighted by Gasteiger charge is 2.37. The predicted molar refractivity (Wildman–Crippen MR) is 85.5 cm³/mol. The van der Waals surface area contributed by atoms with Crippen molar-refractivity contribution in [1.82, 2.24) is 24.5 Å². The predicted octanol–water partition coefficient (Wildman–Crippen LogP) is 1.31. The van der Waals surface area contributed by atoms with Crippen LogP contribution in [0.15, 0.2) is 6.20 Å². The van der Waals surface area contributed by atoms with Gasteiger partial charge in [0.1, 0.15) is 0 Å². The molecule has 0 aromatic carbocycles. The first-order chi connectivity index (χ1) is 10.5. The van der Waals surface area contributed by atoms with Gasteiger partial charge >= 0.3 is 6.03 Å². The summed E-state index contributed by atoms with van der Waals surface area (Å²) >= 11 is 0. The van der Waals surface area contributed by atoms with Crippen LogP contribution in [0.2, 0.25) is 0 Å². The smallest absolute Gasteiger partial charge is 0.319 e. The fourth-order valence-electron chi connectivity index (χ4n) is 3.73. The number of fused-ring (bicyclic) bond motifs is 4. The second-order valence-electron chi connectivity index (χ2n) is 6.99. The topological polar surface area (TPSA) is 44.6 Å². The summed E-state index contributed by atoms with van der Waals surface area (Å²) in [5, 5.41) is 4.35. The number of urea groups is 1. The Kier molecular flexibility index (Phi) is 4.12. The van der Waals surface area contributed by atoms with Crippen molar-refractivity contribution >= 4 is 6.03 Å². The maximum Gasteiger partial charge on any atom is 0.319 e. The van der Waals surface area contributed by atoms with Crippen LogP contribution in [0.25, 0.3) is 0 Å². The first-order valence-corrected chi connectivity index (χ1v) is 8.13. The Labute approximate surface area is 132 Å². The van der Waals surface area contributed by atoms with Gasteiger partial charge in [-0.05, 0) is 25.7 Å². The summed E-state index contributed by atoms with van der Waals surface area (Å²) in [7, 11) is 5.67. The molecule has 22 heavy (non-hydrogen) atoms. The Morgan fingerprint density at radius 3 is 2.73 bits per heavy atom. The van der Waals surface area contributed by atoms with Crippen LogP contribution in [-0.4, -0.2) is 70.3 Å². The molecule has 3 fully saturated rings. The average Bonchev–Trinajstić information content (AvgIpc) is 2.70. The van der Waals surface area contributed by atoms with Crippen molar-refractivity contribution in [3.05, 3.63) is 17.5 Å². The van der Waals surface area contributed by atoms with Gasteiger partial charge in [0.25, 0.3) is 0 Å². The third-order valence-electron chi connectivity index (χ3n) is 5.19. The van der Waals surface area contributed by atoms with E-state index in [4.69, 9.17) is 0 Å². The summed E-state index contributed by atoms with van der Waals surface area (Å²) in [4.78, 5) is 18.6. The van der Waals surface area contributed by atoms with E-state index in [1.807, 2.05) is 36.9 Å². The van der Waals surface area contributed by atoms with E-state index in [9.17, 15) is 4.79 Å². The van der Waals surface area contributed by atoms with Crippen LogP contribution in [-0.2, 0) is 13.6 Å². The van der Waals surface area contributed by atoms with Crippen LogP contribution in [0.3, 0.4) is 0 Å². The SMILES string of the molecule is Cc1c(CN2C[C@H]3CC[C@@H]2CN(C(=O)N(C)C)C3)cnn1C. The minimum Gasteiger partial charge on any atom is -0.331 e. The Balaban J connectivity index is 1.73. The monoisotopic (exact) mass is 305 g/mol. The third-order valence-corrected chi connectivity index (χ3v) is 5.19. The number of aromatic nitrogens is 2. The molecule has 1 aromatic heterocycles. The van der Waals surface area contributed by atoms with Gasteiger partial charge in [-0.2, -0.15) is 5.10 Å². The molecule has 6 nitrogen and oxygen atoms in total. The van der Waals surface area contributed by atoms with Gasteiger partial charge in [-0.25, -0.2) is 4.79 Å². The first kappa shape index (κ1) is 15.3. The van der Waals surface area contributed by atoms with Crippen LogP contribution in [0.1, 0.15) is 24.1 Å². The van der Waals surface area contributed by atoms with Crippen molar-refractivity contribution in [2.24, 2.45) is 13.0 Å². The lowest BCUT2D eigenvalue weighted by molar-refractivity contribution is 0.122. The largest absolute Gasteiger partial charge is 0.331 e. The highest BCUT2D eigenvalue weighted by molar-refractivity contribution is 5.74. The van der Waals surface area contributed by atoms with E-state index in [-0.39, 0.29) is 6.03 Å². The van der Waals surface area contributed by atoms with E-state index in [0.29, 0.717) is 12.0 Å². The zero-order valence-corrected chi connectivity index (χ0v) is 14.1. The Morgan fingerprint density at radius 2 is 2.09 bits per heavy atom. The quantitative estimate of drug-likeness (QED) is 0.827. The second kappa shape index (κ2) is 5.91. The molecule has 0 saturated carbocycles. The Bertz CT molecular complexity index is 553. The molecule has 6 heteroatoms. The van der Waals surface area contributed by atoms with Crippen LogP contribution in [0.4, 0.5) is 4.79 Å². The zero-order valence-electron chi connectivity index (χ0n) is 14.1. The minimum absolute atomic E-state index is 0.149. The van der Waals surface area contributed by atoms with Crippen LogP contribution in [0, 0.1) is 12.8 Å². The van der Waals surface area contributed by atoms with Gasteiger partial charge in [0, 0.05) is 64.6 Å². The molecule has 2 atom stereocenters. The lowest BCUT2D eigenvalue weighted by atomic mass is 9.94. The van der Waals surface area contributed by atoms with Crippen LogP contribution < -0.4 is 0 Å². The Morgan fingerprint density at radius 1 is 1.32 bits per heavy atom. The van der Waals surface area contributed by atoms with Crippen molar-refractivity contribution in [3.8, 4) is 0 Å². The van der Waals surface area contributed by atoms with Gasteiger partial charge in [0.05, 0.1) is 6.20 Å². The lowest BCUT2D eigenvalue weighted by Crippen LogP contribution is -2.45. The van der Waals surface area contributed by atoms with Gasteiger partial charge < -0.3 is 9.80 Å². The summed E-state index contributed by atoms with van der Waals surface area (Å²) < 4.78 is 1.94. The third kappa shape index (κ3) is 2.84. The van der Waals surface area contributed by atoms with Gasteiger partial charge in [-0.15, -0.1) is 0 Å². The molecule has 4 rings (SSSR count). The molecule has 1 aromatic rings. The molecule has 0 N–H and O–H groups in total. The molecule has 2 bridgehead atoms. The Hall–Kier alpha value is -1.56. The summed E-state index contributed by atoms with van der Waals surface area (Å²) in [5.41, 5.74) is 2.54. The summed E-state index contributed by atoms with van der Waals surface area (Å²) in [5.74, 6) is 0.597. The highest BCUT2D eigenvalue weighted by Crippen LogP contribution is 2.29. The van der Waals surface area contributed by atoms with E-state index in [2.05, 4.69) is 16.9 Å². The molecule has 122 valence electrons. The maximum atomic E-state index is 12.3. The molecule has 0 aliphatic carbocycles. The molecule has 0 spiro atoms. The first-order valence-electron chi connectivity index (χ1n) is 8.13. The number of piperidine rings is 1. The molecule has 3 aliphatic rings. The maximum absolute atomic E-state index is 12.3. The number of nitrogens with zero attached hydrogens (tertiary/aromatic N) is 5. The molecule has 3 aliphatic heterocycles. The number of hydrogen-bond acceptors (Lipinski definition) is 3. The van der Waals surface area contributed by atoms with Crippen molar-refractivity contribution in [2.75, 3.05) is 33.7 Å². The van der Waals surface area contributed by atoms with E-state index in [1.54, 1.807) is 4.90 Å². The lowest BCUT2D eigenvalue weighted by Gasteiger charge is -2.35. The number of amides is 2. The average molecular weight is 305 g/mol. The zero-order chi connectivity index (χ0) is 15.9. The standard InChI is InChI=1S/C16H27N5O/c1-12-14(7-17-19(12)4)10-20-8-13-5-6-15(20)11-21(9-13)16(22)18(2)3/h7,13,15H,5-6,8-11H2,1-4H3/t13-,15-/m1/s1. The number of carbonyl (C=O) groups excluding carboxylic acids is 1. The normalized spacial score (nSPS) is 25.4.